The lowest BCUT2D eigenvalue weighted by atomic mass is 10.1. The highest BCUT2D eigenvalue weighted by molar-refractivity contribution is 5.64. The van der Waals surface area contributed by atoms with Crippen molar-refractivity contribution in [3.05, 3.63) is 52.6 Å². The van der Waals surface area contributed by atoms with Gasteiger partial charge in [-0.1, -0.05) is 6.07 Å². The van der Waals surface area contributed by atoms with Gasteiger partial charge in [-0.05, 0) is 68.7 Å². The Balaban J connectivity index is 2.31. The zero-order chi connectivity index (χ0) is 19.5. The van der Waals surface area contributed by atoms with Crippen LogP contribution < -0.4 is 4.74 Å². The predicted molar refractivity (Wildman–Crippen MR) is 98.6 cm³/mol. The van der Waals surface area contributed by atoms with Crippen molar-refractivity contribution in [2.75, 3.05) is 13.6 Å². The number of ether oxygens (including phenoxy) is 1. The van der Waals surface area contributed by atoms with Crippen LogP contribution in [-0.2, 0) is 6.18 Å². The largest absolute Gasteiger partial charge is 0.457 e. The summed E-state index contributed by atoms with van der Waals surface area (Å²) >= 11 is 0. The molecule has 2 rings (SSSR count). The highest BCUT2D eigenvalue weighted by Crippen LogP contribution is 2.36. The third-order valence-electron chi connectivity index (χ3n) is 4.13. The van der Waals surface area contributed by atoms with Gasteiger partial charge < -0.3 is 9.64 Å². The summed E-state index contributed by atoms with van der Waals surface area (Å²) in [5, 5.41) is 0. The number of alkyl halides is 3. The van der Waals surface area contributed by atoms with E-state index in [0.29, 0.717) is 5.75 Å². The smallest absolute Gasteiger partial charge is 0.416 e. The van der Waals surface area contributed by atoms with Crippen molar-refractivity contribution in [1.82, 2.24) is 4.90 Å². The molecule has 0 bridgehead atoms. The molecule has 26 heavy (non-hydrogen) atoms. The van der Waals surface area contributed by atoms with E-state index in [4.69, 9.17) is 4.74 Å². The first-order valence-electron chi connectivity index (χ1n) is 8.33. The SMILES string of the molecule is CCN(C)C=Nc1cc(C)c(Oc2ccc(C)c(C(F)(F)F)c2)cc1C. The topological polar surface area (TPSA) is 24.8 Å². The van der Waals surface area contributed by atoms with Gasteiger partial charge in [0.25, 0.3) is 0 Å². The maximum absolute atomic E-state index is 13.1. The van der Waals surface area contributed by atoms with Crippen molar-refractivity contribution in [3.8, 4) is 11.5 Å². The second-order valence-corrected chi connectivity index (χ2v) is 6.30. The molecule has 0 radical (unpaired) electrons. The molecule has 3 nitrogen and oxygen atoms in total. The molecule has 2 aromatic rings. The fourth-order valence-electron chi connectivity index (χ4n) is 2.36. The lowest BCUT2D eigenvalue weighted by Crippen LogP contribution is -2.14. The number of aryl methyl sites for hydroxylation is 3. The van der Waals surface area contributed by atoms with E-state index in [0.717, 1.165) is 29.4 Å². The van der Waals surface area contributed by atoms with E-state index in [9.17, 15) is 13.2 Å². The molecule has 0 aliphatic carbocycles. The highest BCUT2D eigenvalue weighted by atomic mass is 19.4. The van der Waals surface area contributed by atoms with Gasteiger partial charge in [0.15, 0.2) is 0 Å². The molecule has 0 saturated carbocycles. The average Bonchev–Trinajstić information content (AvgIpc) is 2.56. The van der Waals surface area contributed by atoms with Crippen molar-refractivity contribution < 1.29 is 17.9 Å². The molecule has 0 aliphatic rings. The number of hydrogen-bond donors (Lipinski definition) is 0. The molecule has 140 valence electrons. The Morgan fingerprint density at radius 2 is 1.73 bits per heavy atom. The van der Waals surface area contributed by atoms with E-state index in [1.807, 2.05) is 38.8 Å². The fourth-order valence-corrected chi connectivity index (χ4v) is 2.36. The minimum absolute atomic E-state index is 0.160. The summed E-state index contributed by atoms with van der Waals surface area (Å²) < 4.78 is 44.9. The van der Waals surface area contributed by atoms with Crippen molar-refractivity contribution in [2.24, 2.45) is 4.99 Å². The Labute approximate surface area is 152 Å². The van der Waals surface area contributed by atoms with Crippen molar-refractivity contribution in [3.63, 3.8) is 0 Å². The van der Waals surface area contributed by atoms with Crippen LogP contribution >= 0.6 is 0 Å². The Bertz CT molecular complexity index is 813. The number of halogens is 3. The van der Waals surface area contributed by atoms with Crippen LogP contribution in [0.4, 0.5) is 18.9 Å². The number of nitrogens with zero attached hydrogens (tertiary/aromatic N) is 2. The molecule has 0 unspecified atom stereocenters. The molecule has 0 aliphatic heterocycles. The predicted octanol–water partition coefficient (Wildman–Crippen LogP) is 6.03. The van der Waals surface area contributed by atoms with E-state index in [1.165, 1.54) is 13.0 Å². The van der Waals surface area contributed by atoms with E-state index in [1.54, 1.807) is 18.5 Å². The van der Waals surface area contributed by atoms with Gasteiger partial charge in [-0.3, -0.25) is 0 Å². The van der Waals surface area contributed by atoms with Crippen LogP contribution in [0.1, 0.15) is 29.2 Å². The molecule has 2 aromatic carbocycles. The van der Waals surface area contributed by atoms with Gasteiger partial charge in [-0.2, -0.15) is 13.2 Å². The van der Waals surface area contributed by atoms with Crippen LogP contribution in [-0.4, -0.2) is 24.8 Å². The molecule has 0 aromatic heterocycles. The van der Waals surface area contributed by atoms with Gasteiger partial charge in [-0.25, -0.2) is 4.99 Å². The molecular formula is C20H23F3N2O. The number of aliphatic imine (C=N–C) groups is 1. The minimum atomic E-state index is -4.40. The Morgan fingerprint density at radius 3 is 2.35 bits per heavy atom. The van der Waals surface area contributed by atoms with Gasteiger partial charge in [0.2, 0.25) is 0 Å². The Morgan fingerprint density at radius 1 is 1.04 bits per heavy atom. The van der Waals surface area contributed by atoms with E-state index in [-0.39, 0.29) is 11.3 Å². The van der Waals surface area contributed by atoms with Crippen LogP contribution in [0, 0.1) is 20.8 Å². The summed E-state index contributed by atoms with van der Waals surface area (Å²) in [7, 11) is 1.93. The van der Waals surface area contributed by atoms with Crippen LogP contribution in [0.5, 0.6) is 11.5 Å². The first-order chi connectivity index (χ1) is 12.1. The fraction of sp³-hybridized carbons (Fsp3) is 0.350. The van der Waals surface area contributed by atoms with Crippen molar-refractivity contribution >= 4 is 12.0 Å². The summed E-state index contributed by atoms with van der Waals surface area (Å²) in [6.07, 6.45) is -2.66. The van der Waals surface area contributed by atoms with E-state index < -0.39 is 11.7 Å². The molecule has 0 heterocycles. The highest BCUT2D eigenvalue weighted by Gasteiger charge is 2.32. The molecular weight excluding hydrogens is 341 g/mol. The maximum Gasteiger partial charge on any atom is 0.416 e. The van der Waals surface area contributed by atoms with Gasteiger partial charge >= 0.3 is 6.18 Å². The lowest BCUT2D eigenvalue weighted by Gasteiger charge is -2.15. The Hall–Kier alpha value is -2.50. The third-order valence-corrected chi connectivity index (χ3v) is 4.13. The summed E-state index contributed by atoms with van der Waals surface area (Å²) in [6, 6.07) is 7.65. The van der Waals surface area contributed by atoms with Gasteiger partial charge in [0, 0.05) is 13.6 Å². The van der Waals surface area contributed by atoms with Crippen LogP contribution in [0.25, 0.3) is 0 Å². The van der Waals surface area contributed by atoms with E-state index >= 15 is 0 Å². The second-order valence-electron chi connectivity index (χ2n) is 6.30. The zero-order valence-corrected chi connectivity index (χ0v) is 15.6. The summed E-state index contributed by atoms with van der Waals surface area (Å²) in [6.45, 7) is 8.04. The third kappa shape index (κ3) is 4.77. The summed E-state index contributed by atoms with van der Waals surface area (Å²) in [5.74, 6) is 0.676. The molecule has 6 heteroatoms. The maximum atomic E-state index is 13.1. The Kier molecular flexibility index (Phi) is 5.95. The quantitative estimate of drug-likeness (QED) is 0.478. The standard InChI is InChI=1S/C20H23F3N2O/c1-6-25(5)12-24-18-9-15(4)19(10-14(18)3)26-16-8-7-13(2)17(11-16)20(21,22)23/h7-12H,6H2,1-5H3. The van der Waals surface area contributed by atoms with E-state index in [2.05, 4.69) is 4.99 Å². The number of rotatable bonds is 5. The molecule has 0 spiro atoms. The number of hydrogen-bond acceptors (Lipinski definition) is 2. The first-order valence-corrected chi connectivity index (χ1v) is 8.33. The summed E-state index contributed by atoms with van der Waals surface area (Å²) in [4.78, 5) is 6.39. The lowest BCUT2D eigenvalue weighted by molar-refractivity contribution is -0.138. The molecule has 0 fully saturated rings. The normalized spacial score (nSPS) is 11.8. The molecule has 0 saturated heterocycles. The van der Waals surface area contributed by atoms with Crippen LogP contribution in [0.2, 0.25) is 0 Å². The van der Waals surface area contributed by atoms with Crippen molar-refractivity contribution in [2.45, 2.75) is 33.9 Å². The zero-order valence-electron chi connectivity index (χ0n) is 15.6. The van der Waals surface area contributed by atoms with Gasteiger partial charge in [0.1, 0.15) is 11.5 Å². The molecule has 0 N–H and O–H groups in total. The second kappa shape index (κ2) is 7.81. The van der Waals surface area contributed by atoms with Gasteiger partial charge in [-0.15, -0.1) is 0 Å². The molecule has 0 atom stereocenters. The number of benzene rings is 2. The summed E-state index contributed by atoms with van der Waals surface area (Å²) in [5.41, 5.74) is 1.97. The average molecular weight is 364 g/mol. The minimum Gasteiger partial charge on any atom is -0.457 e. The monoisotopic (exact) mass is 364 g/mol. The van der Waals surface area contributed by atoms with Crippen molar-refractivity contribution in [1.29, 1.82) is 0 Å². The van der Waals surface area contributed by atoms with Crippen LogP contribution in [0.15, 0.2) is 35.3 Å². The first kappa shape index (κ1) is 19.8. The molecule has 0 amide bonds. The van der Waals surface area contributed by atoms with Crippen LogP contribution in [0.3, 0.4) is 0 Å². The van der Waals surface area contributed by atoms with Gasteiger partial charge in [0.05, 0.1) is 17.6 Å².